The van der Waals surface area contributed by atoms with E-state index in [1.807, 2.05) is 42.1 Å². The Hall–Kier alpha value is -1.66. The van der Waals surface area contributed by atoms with Crippen molar-refractivity contribution in [3.8, 4) is 0 Å². The molecule has 0 aliphatic carbocycles. The Kier molecular flexibility index (Phi) is 5.68. The summed E-state index contributed by atoms with van der Waals surface area (Å²) >= 11 is 0. The number of aromatic nitrogens is 1. The summed E-state index contributed by atoms with van der Waals surface area (Å²) in [7, 11) is 3.94. The van der Waals surface area contributed by atoms with E-state index in [2.05, 4.69) is 4.98 Å². The second kappa shape index (κ2) is 7.94. The van der Waals surface area contributed by atoms with E-state index in [0.29, 0.717) is 32.0 Å². The molecule has 2 aliphatic heterocycles. The third-order valence-corrected chi connectivity index (χ3v) is 4.77. The number of morpholine rings is 1. The van der Waals surface area contributed by atoms with E-state index < -0.39 is 0 Å². The maximum absolute atomic E-state index is 12.6. The predicted molar refractivity (Wildman–Crippen MR) is 92.0 cm³/mol. The largest absolute Gasteiger partial charge is 0.381 e. The number of rotatable bonds is 4. The van der Waals surface area contributed by atoms with Gasteiger partial charge in [0, 0.05) is 40.3 Å². The maximum atomic E-state index is 12.6. The topological polar surface area (TPSA) is 54.9 Å². The first-order valence-electron chi connectivity index (χ1n) is 8.75. The zero-order valence-corrected chi connectivity index (χ0v) is 14.6. The van der Waals surface area contributed by atoms with E-state index in [-0.39, 0.29) is 12.0 Å². The van der Waals surface area contributed by atoms with Crippen molar-refractivity contribution in [2.75, 3.05) is 51.9 Å². The number of nitrogens with zero attached hydrogens (tertiary/aromatic N) is 3. The highest BCUT2D eigenvalue weighted by Crippen LogP contribution is 2.25. The Balaban J connectivity index is 1.61. The molecule has 132 valence electrons. The molecule has 6 nitrogen and oxygen atoms in total. The highest BCUT2D eigenvalue weighted by molar-refractivity contribution is 5.76. The summed E-state index contributed by atoms with van der Waals surface area (Å²) in [6.07, 6.45) is 2.47. The van der Waals surface area contributed by atoms with Gasteiger partial charge in [-0.15, -0.1) is 0 Å². The lowest BCUT2D eigenvalue weighted by molar-refractivity contribution is -0.140. The van der Waals surface area contributed by atoms with Crippen LogP contribution in [0.3, 0.4) is 0 Å². The van der Waals surface area contributed by atoms with Gasteiger partial charge in [0.1, 0.15) is 11.9 Å². The van der Waals surface area contributed by atoms with Gasteiger partial charge in [-0.05, 0) is 30.9 Å². The third-order valence-electron chi connectivity index (χ3n) is 4.77. The number of pyridine rings is 1. The van der Waals surface area contributed by atoms with Crippen molar-refractivity contribution in [2.24, 2.45) is 5.92 Å². The van der Waals surface area contributed by atoms with Crippen molar-refractivity contribution in [2.45, 2.75) is 25.4 Å². The third kappa shape index (κ3) is 4.24. The Morgan fingerprint density at radius 2 is 2.08 bits per heavy atom. The standard InChI is InChI=1S/C18H27N3O3/c1-20(2)17-5-3-4-15(19-17)16-13-21(8-11-24-16)18(22)12-14-6-9-23-10-7-14/h3-5,14,16H,6-13H2,1-2H3/t16-/m0/s1. The first kappa shape index (κ1) is 17.2. The van der Waals surface area contributed by atoms with Gasteiger partial charge < -0.3 is 19.3 Å². The quantitative estimate of drug-likeness (QED) is 0.842. The Bertz CT molecular complexity index is 558. The van der Waals surface area contributed by atoms with Crippen molar-refractivity contribution < 1.29 is 14.3 Å². The number of carbonyl (C=O) groups is 1. The van der Waals surface area contributed by atoms with Gasteiger partial charge in [0.15, 0.2) is 0 Å². The van der Waals surface area contributed by atoms with E-state index in [4.69, 9.17) is 9.47 Å². The lowest BCUT2D eigenvalue weighted by Crippen LogP contribution is -2.43. The van der Waals surface area contributed by atoms with E-state index in [1.165, 1.54) is 0 Å². The lowest BCUT2D eigenvalue weighted by atomic mass is 9.96. The van der Waals surface area contributed by atoms with Crippen LogP contribution in [0.4, 0.5) is 5.82 Å². The second-order valence-corrected chi connectivity index (χ2v) is 6.77. The molecule has 0 saturated carbocycles. The molecule has 3 heterocycles. The van der Waals surface area contributed by atoms with Crippen LogP contribution in [0.15, 0.2) is 18.2 Å². The van der Waals surface area contributed by atoms with E-state index in [9.17, 15) is 4.79 Å². The molecule has 0 aromatic carbocycles. The van der Waals surface area contributed by atoms with E-state index in [1.54, 1.807) is 0 Å². The molecule has 6 heteroatoms. The van der Waals surface area contributed by atoms with Gasteiger partial charge in [0.05, 0.1) is 18.8 Å². The van der Waals surface area contributed by atoms with Crippen molar-refractivity contribution in [1.29, 1.82) is 0 Å². The summed E-state index contributed by atoms with van der Waals surface area (Å²) < 4.78 is 11.2. The van der Waals surface area contributed by atoms with Crippen LogP contribution >= 0.6 is 0 Å². The first-order valence-corrected chi connectivity index (χ1v) is 8.75. The number of hydrogen-bond donors (Lipinski definition) is 0. The van der Waals surface area contributed by atoms with Gasteiger partial charge in [0.2, 0.25) is 5.91 Å². The van der Waals surface area contributed by atoms with Gasteiger partial charge in [-0.2, -0.15) is 0 Å². The minimum absolute atomic E-state index is 0.141. The van der Waals surface area contributed by atoms with E-state index >= 15 is 0 Å². The van der Waals surface area contributed by atoms with Crippen LogP contribution in [0, 0.1) is 5.92 Å². The van der Waals surface area contributed by atoms with Gasteiger partial charge in [-0.1, -0.05) is 6.07 Å². The highest BCUT2D eigenvalue weighted by Gasteiger charge is 2.28. The molecule has 1 aromatic rings. The summed E-state index contributed by atoms with van der Waals surface area (Å²) in [5, 5.41) is 0. The van der Waals surface area contributed by atoms with Crippen LogP contribution in [-0.2, 0) is 14.3 Å². The zero-order chi connectivity index (χ0) is 16.9. The lowest BCUT2D eigenvalue weighted by Gasteiger charge is -2.34. The van der Waals surface area contributed by atoms with Gasteiger partial charge in [-0.25, -0.2) is 4.98 Å². The summed E-state index contributed by atoms with van der Waals surface area (Å²) in [6.45, 7) is 3.39. The molecular weight excluding hydrogens is 306 g/mol. The monoisotopic (exact) mass is 333 g/mol. The van der Waals surface area contributed by atoms with Crippen LogP contribution in [0.5, 0.6) is 0 Å². The molecule has 1 aromatic heterocycles. The fraction of sp³-hybridized carbons (Fsp3) is 0.667. The van der Waals surface area contributed by atoms with Gasteiger partial charge in [0.25, 0.3) is 0 Å². The van der Waals surface area contributed by atoms with Crippen molar-refractivity contribution in [3.05, 3.63) is 23.9 Å². The summed E-state index contributed by atoms with van der Waals surface area (Å²) in [6, 6.07) is 5.94. The molecule has 0 spiro atoms. The van der Waals surface area contributed by atoms with Gasteiger partial charge >= 0.3 is 0 Å². The van der Waals surface area contributed by atoms with Crippen LogP contribution in [-0.4, -0.2) is 62.8 Å². The number of anilines is 1. The normalized spacial score (nSPS) is 22.4. The molecule has 0 N–H and O–H groups in total. The van der Waals surface area contributed by atoms with Crippen LogP contribution in [0.2, 0.25) is 0 Å². The van der Waals surface area contributed by atoms with Gasteiger partial charge in [-0.3, -0.25) is 4.79 Å². The molecule has 3 rings (SSSR count). The summed E-state index contributed by atoms with van der Waals surface area (Å²) in [5.74, 6) is 1.60. The number of hydrogen-bond acceptors (Lipinski definition) is 5. The Morgan fingerprint density at radius 1 is 1.29 bits per heavy atom. The van der Waals surface area contributed by atoms with Crippen LogP contribution in [0.1, 0.15) is 31.1 Å². The summed E-state index contributed by atoms with van der Waals surface area (Å²) in [4.78, 5) is 21.2. The summed E-state index contributed by atoms with van der Waals surface area (Å²) in [5.41, 5.74) is 0.893. The molecule has 1 amide bonds. The molecule has 24 heavy (non-hydrogen) atoms. The van der Waals surface area contributed by atoms with Crippen molar-refractivity contribution >= 4 is 11.7 Å². The van der Waals surface area contributed by atoms with Crippen molar-refractivity contribution in [1.82, 2.24) is 9.88 Å². The SMILES string of the molecule is CN(C)c1cccc([C@@H]2CN(C(=O)CC3CCOCC3)CCO2)n1. The van der Waals surface area contributed by atoms with Crippen LogP contribution in [0.25, 0.3) is 0 Å². The molecule has 0 bridgehead atoms. The number of amides is 1. The minimum atomic E-state index is -0.141. The fourth-order valence-corrected chi connectivity index (χ4v) is 3.25. The minimum Gasteiger partial charge on any atom is -0.381 e. The predicted octanol–water partition coefficient (Wildman–Crippen LogP) is 1.86. The van der Waals surface area contributed by atoms with Crippen LogP contribution < -0.4 is 4.90 Å². The smallest absolute Gasteiger partial charge is 0.223 e. The fourth-order valence-electron chi connectivity index (χ4n) is 3.25. The molecule has 1 atom stereocenters. The average Bonchev–Trinajstić information content (AvgIpc) is 2.63. The van der Waals surface area contributed by atoms with Crippen molar-refractivity contribution in [3.63, 3.8) is 0 Å². The molecule has 2 saturated heterocycles. The first-order chi connectivity index (χ1) is 11.6. The number of carbonyl (C=O) groups excluding carboxylic acids is 1. The Morgan fingerprint density at radius 3 is 2.83 bits per heavy atom. The molecule has 2 fully saturated rings. The highest BCUT2D eigenvalue weighted by atomic mass is 16.5. The number of ether oxygens (including phenoxy) is 2. The molecule has 0 radical (unpaired) electrons. The van der Waals surface area contributed by atoms with E-state index in [0.717, 1.165) is 37.6 Å². The average molecular weight is 333 g/mol. The Labute approximate surface area is 143 Å². The zero-order valence-electron chi connectivity index (χ0n) is 14.6. The second-order valence-electron chi connectivity index (χ2n) is 6.77. The molecular formula is C18H27N3O3. The maximum Gasteiger partial charge on any atom is 0.223 e. The molecule has 0 unspecified atom stereocenters. The molecule has 2 aliphatic rings.